The molecule has 136 valence electrons. The normalized spacial score (nSPS) is 21.4. The molecule has 2 unspecified atom stereocenters. The number of fused-ring (bicyclic) bond motifs is 6. The second-order valence-electron chi connectivity index (χ2n) is 6.97. The highest BCUT2D eigenvalue weighted by molar-refractivity contribution is 7.91. The number of aryl methyl sites for hydroxylation is 1. The first-order valence-electron chi connectivity index (χ1n) is 8.59. The molecule has 2 aliphatic rings. The summed E-state index contributed by atoms with van der Waals surface area (Å²) in [5, 5.41) is 4.81. The molecule has 1 fully saturated rings. The average molecular weight is 390 g/mol. The van der Waals surface area contributed by atoms with Crippen LogP contribution in [0.3, 0.4) is 0 Å². The number of benzene rings is 1. The molecule has 5 rings (SSSR count). The van der Waals surface area contributed by atoms with E-state index in [1.165, 1.54) is 23.9 Å². The number of aromatic nitrogens is 2. The molecule has 0 saturated carbocycles. The van der Waals surface area contributed by atoms with Gasteiger partial charge in [0.15, 0.2) is 5.03 Å². The van der Waals surface area contributed by atoms with Gasteiger partial charge in [-0.05, 0) is 48.7 Å². The highest BCUT2D eigenvalue weighted by Gasteiger charge is 2.36. The Kier molecular flexibility index (Phi) is 4.10. The number of hydrogen-bond acceptors (Lipinski definition) is 4. The fourth-order valence-corrected chi connectivity index (χ4v) is 5.59. The molecule has 5 nitrogen and oxygen atoms in total. The van der Waals surface area contributed by atoms with Crippen LogP contribution in [0.2, 0.25) is 0 Å². The van der Waals surface area contributed by atoms with Crippen LogP contribution in [0.1, 0.15) is 30.1 Å². The van der Waals surface area contributed by atoms with Crippen molar-refractivity contribution < 1.29 is 8.42 Å². The van der Waals surface area contributed by atoms with Gasteiger partial charge in [0.05, 0.1) is 4.90 Å². The first-order valence-corrected chi connectivity index (χ1v) is 10.1. The van der Waals surface area contributed by atoms with E-state index in [0.717, 1.165) is 23.7 Å². The summed E-state index contributed by atoms with van der Waals surface area (Å²) < 4.78 is 28.1. The molecule has 2 aliphatic heterocycles. The molecule has 1 aromatic carbocycles. The Morgan fingerprint density at radius 2 is 2.04 bits per heavy atom. The summed E-state index contributed by atoms with van der Waals surface area (Å²) in [7, 11) is -1.52. The van der Waals surface area contributed by atoms with Crippen LogP contribution < -0.4 is 5.32 Å². The van der Waals surface area contributed by atoms with Crippen LogP contribution >= 0.6 is 12.4 Å². The number of rotatable bonds is 2. The lowest BCUT2D eigenvalue weighted by atomic mass is 9.99. The number of sulfone groups is 1. The molecule has 2 bridgehead atoms. The summed E-state index contributed by atoms with van der Waals surface area (Å²) in [6.07, 6.45) is 4.83. The smallest absolute Gasteiger partial charge is 0.223 e. The largest absolute Gasteiger partial charge is 0.347 e. The van der Waals surface area contributed by atoms with Crippen molar-refractivity contribution in [2.24, 2.45) is 7.05 Å². The number of hydrogen-bond donors (Lipinski definition) is 1. The van der Waals surface area contributed by atoms with E-state index in [2.05, 4.69) is 21.9 Å². The van der Waals surface area contributed by atoms with Crippen molar-refractivity contribution in [2.45, 2.75) is 41.3 Å². The summed E-state index contributed by atoms with van der Waals surface area (Å²) in [5.41, 5.74) is 3.72. The number of nitrogens with one attached hydrogen (secondary N) is 1. The predicted molar refractivity (Wildman–Crippen MR) is 102 cm³/mol. The van der Waals surface area contributed by atoms with Gasteiger partial charge >= 0.3 is 0 Å². The van der Waals surface area contributed by atoms with Crippen molar-refractivity contribution in [1.29, 1.82) is 0 Å². The average Bonchev–Trinajstić information content (AvgIpc) is 3.15. The minimum absolute atomic E-state index is 0. The van der Waals surface area contributed by atoms with Gasteiger partial charge in [0.25, 0.3) is 0 Å². The van der Waals surface area contributed by atoms with Gasteiger partial charge in [-0.2, -0.15) is 0 Å². The fraction of sp³-hybridized carbons (Fsp3) is 0.316. The van der Waals surface area contributed by atoms with E-state index in [-0.39, 0.29) is 17.4 Å². The Morgan fingerprint density at radius 3 is 2.81 bits per heavy atom. The van der Waals surface area contributed by atoms with E-state index < -0.39 is 9.84 Å². The van der Waals surface area contributed by atoms with Crippen LogP contribution in [0.15, 0.2) is 52.5 Å². The molecule has 0 radical (unpaired) electrons. The van der Waals surface area contributed by atoms with Crippen LogP contribution in [-0.2, 0) is 23.3 Å². The summed E-state index contributed by atoms with van der Waals surface area (Å²) in [4.78, 5) is 4.34. The van der Waals surface area contributed by atoms with Crippen molar-refractivity contribution in [1.82, 2.24) is 14.9 Å². The zero-order chi connectivity index (χ0) is 17.2. The van der Waals surface area contributed by atoms with Crippen molar-refractivity contribution in [2.75, 3.05) is 0 Å². The Labute approximate surface area is 158 Å². The molecular formula is C19H20ClN3O2S. The first kappa shape index (κ1) is 17.5. The molecule has 2 atom stereocenters. The second-order valence-corrected chi connectivity index (χ2v) is 8.86. The quantitative estimate of drug-likeness (QED) is 0.731. The zero-order valence-electron chi connectivity index (χ0n) is 14.3. The van der Waals surface area contributed by atoms with Crippen molar-refractivity contribution in [3.63, 3.8) is 0 Å². The maximum Gasteiger partial charge on any atom is 0.223 e. The summed E-state index contributed by atoms with van der Waals surface area (Å²) >= 11 is 0. The first-order chi connectivity index (χ1) is 12.1. The molecule has 2 aromatic heterocycles. The number of nitrogens with zero attached hydrogens (tertiary/aromatic N) is 2. The summed E-state index contributed by atoms with van der Waals surface area (Å²) in [5.74, 6) is 0. The highest BCUT2D eigenvalue weighted by Crippen LogP contribution is 2.42. The standard InChI is InChI=1S/C19H19N3O2S.ClH/c1-22-16-8-6-13(25(23,24)18-4-2-3-9-20-18)11-14(16)19-15-7-5-12(21-15)10-17(19)22;/h2-4,6,8-9,11-12,15,21H,5,7,10H2,1H3;1H. The molecule has 7 heteroatoms. The van der Waals surface area contributed by atoms with Crippen molar-refractivity contribution >= 4 is 33.1 Å². The van der Waals surface area contributed by atoms with Gasteiger partial charge in [-0.15, -0.1) is 12.4 Å². The zero-order valence-corrected chi connectivity index (χ0v) is 16.0. The van der Waals surface area contributed by atoms with Gasteiger partial charge in [0, 0.05) is 48.3 Å². The topological polar surface area (TPSA) is 64.0 Å². The Hall–Kier alpha value is -1.89. The molecular weight excluding hydrogens is 370 g/mol. The number of halogens is 1. The van der Waals surface area contributed by atoms with Crippen LogP contribution in [0.5, 0.6) is 0 Å². The van der Waals surface area contributed by atoms with E-state index in [1.807, 2.05) is 12.1 Å². The number of pyridine rings is 1. The Bertz CT molecular complexity index is 1090. The van der Waals surface area contributed by atoms with Gasteiger partial charge in [-0.1, -0.05) is 6.07 Å². The monoisotopic (exact) mass is 389 g/mol. The molecule has 26 heavy (non-hydrogen) atoms. The van der Waals surface area contributed by atoms with E-state index >= 15 is 0 Å². The van der Waals surface area contributed by atoms with E-state index in [9.17, 15) is 8.42 Å². The third kappa shape index (κ3) is 2.40. The molecule has 3 aromatic rings. The molecule has 4 heterocycles. The Morgan fingerprint density at radius 1 is 1.19 bits per heavy atom. The molecule has 0 aliphatic carbocycles. The molecule has 1 N–H and O–H groups in total. The Balaban J connectivity index is 0.00000168. The van der Waals surface area contributed by atoms with Gasteiger partial charge in [0.1, 0.15) is 0 Å². The van der Waals surface area contributed by atoms with Gasteiger partial charge < -0.3 is 9.88 Å². The minimum atomic E-state index is -3.60. The highest BCUT2D eigenvalue weighted by atomic mass is 35.5. The molecule has 1 saturated heterocycles. The maximum absolute atomic E-state index is 12.9. The molecule has 0 spiro atoms. The maximum atomic E-state index is 12.9. The third-order valence-electron chi connectivity index (χ3n) is 5.59. The van der Waals surface area contributed by atoms with Gasteiger partial charge in [-0.25, -0.2) is 13.4 Å². The van der Waals surface area contributed by atoms with Crippen molar-refractivity contribution in [3.8, 4) is 0 Å². The third-order valence-corrected chi connectivity index (χ3v) is 7.25. The van der Waals surface area contributed by atoms with Crippen LogP contribution in [0.4, 0.5) is 0 Å². The lowest BCUT2D eigenvalue weighted by molar-refractivity contribution is 0.503. The van der Waals surface area contributed by atoms with Gasteiger partial charge in [0.2, 0.25) is 9.84 Å². The predicted octanol–water partition coefficient (Wildman–Crippen LogP) is 3.18. The van der Waals surface area contributed by atoms with E-state index in [0.29, 0.717) is 17.0 Å². The fourth-order valence-electron chi connectivity index (χ4n) is 4.38. The van der Waals surface area contributed by atoms with Crippen LogP contribution in [0.25, 0.3) is 10.9 Å². The van der Waals surface area contributed by atoms with Crippen LogP contribution in [-0.4, -0.2) is 24.0 Å². The van der Waals surface area contributed by atoms with Crippen LogP contribution in [0, 0.1) is 0 Å². The minimum Gasteiger partial charge on any atom is -0.347 e. The second kappa shape index (κ2) is 6.08. The van der Waals surface area contributed by atoms with E-state index in [1.54, 1.807) is 24.3 Å². The lowest BCUT2D eigenvalue weighted by Crippen LogP contribution is -2.32. The lowest BCUT2D eigenvalue weighted by Gasteiger charge is -2.23. The summed E-state index contributed by atoms with van der Waals surface area (Å²) in [6.45, 7) is 0. The van der Waals surface area contributed by atoms with Gasteiger partial charge in [-0.3, -0.25) is 0 Å². The summed E-state index contributed by atoms with van der Waals surface area (Å²) in [6, 6.07) is 11.3. The van der Waals surface area contributed by atoms with E-state index in [4.69, 9.17) is 0 Å². The molecule has 0 amide bonds. The SMILES string of the molecule is Cl.Cn1c2c(c3cc(S(=O)(=O)c4ccccn4)ccc31)C1CCC(C2)N1. The van der Waals surface area contributed by atoms with Crippen molar-refractivity contribution in [3.05, 3.63) is 53.9 Å².